The number of nitrogens with one attached hydrogen (secondary N) is 1. The van der Waals surface area contributed by atoms with E-state index in [2.05, 4.69) is 15.3 Å². The quantitative estimate of drug-likeness (QED) is 0.885. The van der Waals surface area contributed by atoms with Crippen molar-refractivity contribution in [2.24, 2.45) is 0 Å². The Hall–Kier alpha value is -1.85. The monoisotopic (exact) mass is 297 g/mol. The molecule has 0 bridgehead atoms. The first-order chi connectivity index (χ1) is 9.10. The molecule has 0 spiro atoms. The molecule has 2 heterocycles. The second kappa shape index (κ2) is 5.86. The number of amides is 1. The van der Waals surface area contributed by atoms with E-state index in [9.17, 15) is 4.79 Å². The van der Waals surface area contributed by atoms with Crippen molar-refractivity contribution in [3.8, 4) is 5.88 Å². The van der Waals surface area contributed by atoms with Crippen LogP contribution in [0.4, 0.5) is 5.69 Å². The van der Waals surface area contributed by atoms with E-state index < -0.39 is 0 Å². The summed E-state index contributed by atoms with van der Waals surface area (Å²) in [5, 5.41) is 3.07. The molecule has 1 N–H and O–H groups in total. The van der Waals surface area contributed by atoms with Crippen molar-refractivity contribution < 1.29 is 9.53 Å². The third-order valence-corrected chi connectivity index (χ3v) is 2.78. The molecule has 0 fully saturated rings. The number of rotatable bonds is 3. The van der Waals surface area contributed by atoms with Crippen molar-refractivity contribution in [3.05, 3.63) is 46.3 Å². The van der Waals surface area contributed by atoms with Crippen molar-refractivity contribution in [2.75, 3.05) is 12.4 Å². The molecule has 98 valence electrons. The third-order valence-electron chi connectivity index (χ3n) is 2.27. The van der Waals surface area contributed by atoms with Crippen LogP contribution in [0.1, 0.15) is 10.4 Å². The van der Waals surface area contributed by atoms with E-state index in [1.54, 1.807) is 12.1 Å². The highest BCUT2D eigenvalue weighted by Gasteiger charge is 2.12. The highest BCUT2D eigenvalue weighted by molar-refractivity contribution is 6.35. The van der Waals surface area contributed by atoms with Gasteiger partial charge >= 0.3 is 0 Å². The van der Waals surface area contributed by atoms with Crippen LogP contribution in [0.3, 0.4) is 0 Å². The predicted octanol–water partition coefficient (Wildman–Crippen LogP) is 3.04. The summed E-state index contributed by atoms with van der Waals surface area (Å²) >= 11 is 11.6. The molecular weight excluding hydrogens is 289 g/mol. The minimum absolute atomic E-state index is 0.197. The summed E-state index contributed by atoms with van der Waals surface area (Å²) in [7, 11) is 1.51. The largest absolute Gasteiger partial charge is 0.481 e. The summed E-state index contributed by atoms with van der Waals surface area (Å²) in [4.78, 5) is 19.8. The van der Waals surface area contributed by atoms with Gasteiger partial charge in [0.05, 0.1) is 29.6 Å². The molecule has 7 heteroatoms. The Labute approximate surface area is 119 Å². The summed E-state index contributed by atoms with van der Waals surface area (Å²) in [6.45, 7) is 0. The van der Waals surface area contributed by atoms with Gasteiger partial charge in [0.15, 0.2) is 0 Å². The van der Waals surface area contributed by atoms with E-state index in [4.69, 9.17) is 27.9 Å². The lowest BCUT2D eigenvalue weighted by Gasteiger charge is -2.07. The van der Waals surface area contributed by atoms with Crippen LogP contribution in [0.25, 0.3) is 0 Å². The van der Waals surface area contributed by atoms with Crippen molar-refractivity contribution in [1.29, 1.82) is 0 Å². The fraction of sp³-hybridized carbons (Fsp3) is 0.0833. The van der Waals surface area contributed by atoms with Gasteiger partial charge in [0.25, 0.3) is 5.91 Å². The van der Waals surface area contributed by atoms with Crippen LogP contribution in [0.2, 0.25) is 10.2 Å². The number of carbonyl (C=O) groups is 1. The molecule has 2 rings (SSSR count). The van der Waals surface area contributed by atoms with Gasteiger partial charge in [0, 0.05) is 12.3 Å². The van der Waals surface area contributed by atoms with Crippen molar-refractivity contribution in [3.63, 3.8) is 0 Å². The third kappa shape index (κ3) is 3.33. The van der Waals surface area contributed by atoms with Crippen molar-refractivity contribution >= 4 is 34.8 Å². The summed E-state index contributed by atoms with van der Waals surface area (Å²) in [5.74, 6) is 0.0734. The Bertz CT molecular complexity index is 602. The second-order valence-corrected chi connectivity index (χ2v) is 4.32. The lowest BCUT2D eigenvalue weighted by Crippen LogP contribution is -2.13. The lowest BCUT2D eigenvalue weighted by molar-refractivity contribution is 0.102. The average Bonchev–Trinajstić information content (AvgIpc) is 2.42. The Kier molecular flexibility index (Phi) is 4.19. The molecule has 0 aromatic carbocycles. The standard InChI is InChI=1S/C12H9Cl2N3O2/c1-19-11-3-2-7(5-16-11)17-12(18)8-4-10(14)15-6-9(8)13/h2-6H,1H3,(H,17,18). The molecule has 0 atom stereocenters. The van der Waals surface area contributed by atoms with Crippen LogP contribution in [-0.4, -0.2) is 23.0 Å². The van der Waals surface area contributed by atoms with Gasteiger partial charge in [-0.3, -0.25) is 4.79 Å². The van der Waals surface area contributed by atoms with Gasteiger partial charge in [-0.15, -0.1) is 0 Å². The number of ether oxygens (including phenoxy) is 1. The van der Waals surface area contributed by atoms with Gasteiger partial charge in [0.1, 0.15) is 5.15 Å². The number of halogens is 2. The number of carbonyl (C=O) groups excluding carboxylic acids is 1. The number of pyridine rings is 2. The number of anilines is 1. The first-order valence-electron chi connectivity index (χ1n) is 5.22. The normalized spacial score (nSPS) is 10.1. The Balaban J connectivity index is 2.18. The SMILES string of the molecule is COc1ccc(NC(=O)c2cc(Cl)ncc2Cl)cn1. The van der Waals surface area contributed by atoms with Gasteiger partial charge in [-0.05, 0) is 12.1 Å². The maximum Gasteiger partial charge on any atom is 0.257 e. The smallest absolute Gasteiger partial charge is 0.257 e. The van der Waals surface area contributed by atoms with Crippen molar-refractivity contribution in [2.45, 2.75) is 0 Å². The molecule has 0 saturated heterocycles. The molecule has 1 amide bonds. The molecule has 19 heavy (non-hydrogen) atoms. The highest BCUT2D eigenvalue weighted by atomic mass is 35.5. The lowest BCUT2D eigenvalue weighted by atomic mass is 10.2. The van der Waals surface area contributed by atoms with E-state index in [0.29, 0.717) is 11.6 Å². The van der Waals surface area contributed by atoms with E-state index in [-0.39, 0.29) is 21.6 Å². The molecule has 5 nitrogen and oxygen atoms in total. The highest BCUT2D eigenvalue weighted by Crippen LogP contribution is 2.20. The van der Waals surface area contributed by atoms with E-state index >= 15 is 0 Å². The van der Waals surface area contributed by atoms with Gasteiger partial charge in [-0.25, -0.2) is 9.97 Å². The van der Waals surface area contributed by atoms with Crippen LogP contribution in [0.5, 0.6) is 5.88 Å². The number of hydrogen-bond acceptors (Lipinski definition) is 4. The molecule has 0 aliphatic rings. The van der Waals surface area contributed by atoms with Gasteiger partial charge in [-0.2, -0.15) is 0 Å². The van der Waals surface area contributed by atoms with Gasteiger partial charge in [0.2, 0.25) is 5.88 Å². The predicted molar refractivity (Wildman–Crippen MR) is 73.0 cm³/mol. The van der Waals surface area contributed by atoms with Crippen LogP contribution >= 0.6 is 23.2 Å². The molecule has 0 aliphatic heterocycles. The van der Waals surface area contributed by atoms with E-state index in [1.165, 1.54) is 25.6 Å². The molecule has 0 unspecified atom stereocenters. The van der Waals surface area contributed by atoms with Crippen LogP contribution < -0.4 is 10.1 Å². The zero-order valence-electron chi connectivity index (χ0n) is 9.85. The summed E-state index contributed by atoms with van der Waals surface area (Å²) in [5.41, 5.74) is 0.771. The summed E-state index contributed by atoms with van der Waals surface area (Å²) in [6.07, 6.45) is 2.80. The topological polar surface area (TPSA) is 64.1 Å². The molecule has 0 saturated carbocycles. The fourth-order valence-corrected chi connectivity index (χ4v) is 1.71. The first kappa shape index (κ1) is 13.6. The number of hydrogen-bond donors (Lipinski definition) is 1. The minimum Gasteiger partial charge on any atom is -0.481 e. The maximum absolute atomic E-state index is 12.0. The first-order valence-corrected chi connectivity index (χ1v) is 5.98. The van der Waals surface area contributed by atoms with Crippen LogP contribution in [0, 0.1) is 0 Å². The van der Waals surface area contributed by atoms with Crippen LogP contribution in [-0.2, 0) is 0 Å². The van der Waals surface area contributed by atoms with E-state index in [1.807, 2.05) is 0 Å². The average molecular weight is 298 g/mol. The van der Waals surface area contributed by atoms with Gasteiger partial charge in [-0.1, -0.05) is 23.2 Å². The maximum atomic E-state index is 12.0. The van der Waals surface area contributed by atoms with Crippen molar-refractivity contribution in [1.82, 2.24) is 9.97 Å². The zero-order chi connectivity index (χ0) is 13.8. The number of methoxy groups -OCH3 is 1. The molecule has 0 aliphatic carbocycles. The molecule has 2 aromatic rings. The fourth-order valence-electron chi connectivity index (χ4n) is 1.36. The Morgan fingerprint density at radius 2 is 2.05 bits per heavy atom. The minimum atomic E-state index is -0.388. The zero-order valence-corrected chi connectivity index (χ0v) is 11.4. The van der Waals surface area contributed by atoms with Crippen LogP contribution in [0.15, 0.2) is 30.6 Å². The number of nitrogens with zero attached hydrogens (tertiary/aromatic N) is 2. The van der Waals surface area contributed by atoms with E-state index in [0.717, 1.165) is 0 Å². The number of aromatic nitrogens is 2. The summed E-state index contributed by atoms with van der Waals surface area (Å²) < 4.78 is 4.92. The summed E-state index contributed by atoms with van der Waals surface area (Å²) in [6, 6.07) is 4.70. The van der Waals surface area contributed by atoms with Gasteiger partial charge < -0.3 is 10.1 Å². The second-order valence-electron chi connectivity index (χ2n) is 3.53. The molecule has 2 aromatic heterocycles. The Morgan fingerprint density at radius 3 is 2.68 bits per heavy atom. The Morgan fingerprint density at radius 1 is 1.26 bits per heavy atom. The molecular formula is C12H9Cl2N3O2. The molecule has 0 radical (unpaired) electrons.